The minimum Gasteiger partial charge on any atom is -0.451 e. The molecule has 5 aromatic rings. The molecule has 5 heteroatoms. The molecule has 0 spiro atoms. The van der Waals surface area contributed by atoms with Crippen molar-refractivity contribution >= 4 is 28.2 Å². The third-order valence-electron chi connectivity index (χ3n) is 4.78. The lowest BCUT2D eigenvalue weighted by atomic mass is 10.1. The van der Waals surface area contributed by atoms with Crippen LogP contribution in [0.3, 0.4) is 0 Å². The number of nitrogens with zero attached hydrogens (tertiary/aromatic N) is 2. The van der Waals surface area contributed by atoms with Crippen molar-refractivity contribution in [3.05, 3.63) is 90.4 Å². The van der Waals surface area contributed by atoms with Gasteiger partial charge in [-0.25, -0.2) is 4.98 Å². The number of aryl methyl sites for hydroxylation is 1. The molecule has 1 N–H and O–H groups in total. The average Bonchev–Trinajstić information content (AvgIpc) is 3.33. The highest BCUT2D eigenvalue weighted by Gasteiger charge is 2.16. The van der Waals surface area contributed by atoms with Crippen molar-refractivity contribution in [1.29, 1.82) is 0 Å². The molecule has 5 nitrogen and oxygen atoms in total. The van der Waals surface area contributed by atoms with Crippen molar-refractivity contribution in [2.24, 2.45) is 0 Å². The van der Waals surface area contributed by atoms with E-state index in [0.29, 0.717) is 11.3 Å². The highest BCUT2D eigenvalue weighted by molar-refractivity contribution is 6.06. The summed E-state index contributed by atoms with van der Waals surface area (Å²) in [6.45, 7) is 2.03. The Morgan fingerprint density at radius 1 is 1.04 bits per heavy atom. The van der Waals surface area contributed by atoms with Gasteiger partial charge in [0.05, 0.1) is 11.4 Å². The van der Waals surface area contributed by atoms with E-state index in [1.807, 2.05) is 84.4 Å². The molecule has 0 radical (unpaired) electrons. The number of carbonyl (C=O) groups is 1. The van der Waals surface area contributed by atoms with E-state index < -0.39 is 0 Å². The van der Waals surface area contributed by atoms with Gasteiger partial charge in [-0.15, -0.1) is 0 Å². The molecule has 0 saturated heterocycles. The third-order valence-corrected chi connectivity index (χ3v) is 4.78. The van der Waals surface area contributed by atoms with Crippen LogP contribution in [0.4, 0.5) is 5.69 Å². The number of anilines is 1. The van der Waals surface area contributed by atoms with E-state index in [2.05, 4.69) is 5.32 Å². The Bertz CT molecular complexity index is 1300. The van der Waals surface area contributed by atoms with Gasteiger partial charge in [0.25, 0.3) is 5.91 Å². The van der Waals surface area contributed by atoms with Gasteiger partial charge in [-0.2, -0.15) is 0 Å². The van der Waals surface area contributed by atoms with Crippen LogP contribution in [-0.2, 0) is 0 Å². The number of aromatic nitrogens is 2. The average molecular weight is 367 g/mol. The van der Waals surface area contributed by atoms with Crippen LogP contribution in [0.25, 0.3) is 27.9 Å². The highest BCUT2D eigenvalue weighted by Crippen LogP contribution is 2.29. The summed E-state index contributed by atoms with van der Waals surface area (Å²) in [4.78, 5) is 17.5. The molecule has 0 aliphatic heterocycles. The zero-order valence-electron chi connectivity index (χ0n) is 15.2. The van der Waals surface area contributed by atoms with E-state index in [9.17, 15) is 4.79 Å². The standard InChI is InChI=1S/C23H17N3O2/c1-15-7-6-12-26-14-19(24-22(15)26)17-9-3-4-10-18(17)25-23(27)21-13-16-8-2-5-11-20(16)28-21/h2-14H,1H3,(H,25,27). The molecule has 0 atom stereocenters. The van der Waals surface area contributed by atoms with Crippen molar-refractivity contribution in [2.45, 2.75) is 6.92 Å². The molecule has 1 amide bonds. The number of amides is 1. The van der Waals surface area contributed by atoms with Gasteiger partial charge in [0.15, 0.2) is 5.76 Å². The third kappa shape index (κ3) is 2.74. The molecule has 0 aliphatic rings. The summed E-state index contributed by atoms with van der Waals surface area (Å²) in [7, 11) is 0. The molecular weight excluding hydrogens is 350 g/mol. The number of fused-ring (bicyclic) bond motifs is 2. The zero-order valence-corrected chi connectivity index (χ0v) is 15.2. The van der Waals surface area contributed by atoms with Gasteiger partial charge in [0, 0.05) is 23.3 Å². The molecule has 136 valence electrons. The van der Waals surface area contributed by atoms with E-state index in [0.717, 1.165) is 27.9 Å². The number of nitrogens with one attached hydrogen (secondary N) is 1. The number of benzene rings is 2. The van der Waals surface area contributed by atoms with Gasteiger partial charge in [-0.1, -0.05) is 42.5 Å². The van der Waals surface area contributed by atoms with Crippen molar-refractivity contribution in [3.8, 4) is 11.3 Å². The monoisotopic (exact) mass is 367 g/mol. The van der Waals surface area contributed by atoms with Crippen molar-refractivity contribution in [3.63, 3.8) is 0 Å². The van der Waals surface area contributed by atoms with Crippen LogP contribution in [0.5, 0.6) is 0 Å². The van der Waals surface area contributed by atoms with Gasteiger partial charge in [0.2, 0.25) is 0 Å². The number of furan rings is 1. The molecule has 0 bridgehead atoms. The Morgan fingerprint density at radius 2 is 1.86 bits per heavy atom. The summed E-state index contributed by atoms with van der Waals surface area (Å²) in [5, 5.41) is 3.86. The number of imidazole rings is 1. The summed E-state index contributed by atoms with van der Waals surface area (Å²) in [6, 6.07) is 21.0. The first-order valence-electron chi connectivity index (χ1n) is 9.03. The van der Waals surface area contributed by atoms with Gasteiger partial charge in [0.1, 0.15) is 11.2 Å². The van der Waals surface area contributed by atoms with Crippen molar-refractivity contribution < 1.29 is 9.21 Å². The van der Waals surface area contributed by atoms with E-state index >= 15 is 0 Å². The normalized spacial score (nSPS) is 11.2. The molecule has 2 aromatic carbocycles. The van der Waals surface area contributed by atoms with Crippen LogP contribution >= 0.6 is 0 Å². The van der Waals surface area contributed by atoms with Crippen LogP contribution in [0.15, 0.2) is 83.5 Å². The first-order valence-corrected chi connectivity index (χ1v) is 9.03. The number of para-hydroxylation sites is 2. The van der Waals surface area contributed by atoms with E-state index in [4.69, 9.17) is 9.40 Å². The minimum atomic E-state index is -0.288. The van der Waals surface area contributed by atoms with Gasteiger partial charge in [-0.3, -0.25) is 4.79 Å². The number of rotatable bonds is 3. The van der Waals surface area contributed by atoms with Gasteiger partial charge < -0.3 is 14.1 Å². The van der Waals surface area contributed by atoms with Crippen LogP contribution in [0.2, 0.25) is 0 Å². The largest absolute Gasteiger partial charge is 0.451 e. The lowest BCUT2D eigenvalue weighted by Gasteiger charge is -2.08. The van der Waals surface area contributed by atoms with Crippen LogP contribution in [-0.4, -0.2) is 15.3 Å². The van der Waals surface area contributed by atoms with E-state index in [-0.39, 0.29) is 11.7 Å². The molecule has 5 rings (SSSR count). The maximum atomic E-state index is 12.8. The second-order valence-corrected chi connectivity index (χ2v) is 6.70. The van der Waals surface area contributed by atoms with Crippen LogP contribution < -0.4 is 5.32 Å². The Hall–Kier alpha value is -3.86. The van der Waals surface area contributed by atoms with Crippen molar-refractivity contribution in [2.75, 3.05) is 5.32 Å². The van der Waals surface area contributed by atoms with Crippen LogP contribution in [0, 0.1) is 6.92 Å². The molecule has 0 aliphatic carbocycles. The molecular formula is C23H17N3O2. The predicted octanol–water partition coefficient (Wildman–Crippen LogP) is 5.31. The smallest absolute Gasteiger partial charge is 0.291 e. The first-order chi connectivity index (χ1) is 13.7. The fraction of sp³-hybridized carbons (Fsp3) is 0.0435. The summed E-state index contributed by atoms with van der Waals surface area (Å²) in [5.74, 6) is -0.00885. The quantitative estimate of drug-likeness (QED) is 0.470. The Balaban J connectivity index is 1.52. The summed E-state index contributed by atoms with van der Waals surface area (Å²) >= 11 is 0. The minimum absolute atomic E-state index is 0.279. The Kier molecular flexibility index (Phi) is 3.72. The summed E-state index contributed by atoms with van der Waals surface area (Å²) in [6.07, 6.45) is 3.93. The number of hydrogen-bond donors (Lipinski definition) is 1. The fourth-order valence-electron chi connectivity index (χ4n) is 3.38. The molecule has 0 unspecified atom stereocenters. The number of carbonyl (C=O) groups excluding carboxylic acids is 1. The fourth-order valence-corrected chi connectivity index (χ4v) is 3.38. The van der Waals surface area contributed by atoms with E-state index in [1.165, 1.54) is 0 Å². The van der Waals surface area contributed by atoms with E-state index in [1.54, 1.807) is 6.07 Å². The first kappa shape index (κ1) is 16.3. The van der Waals surface area contributed by atoms with Crippen LogP contribution in [0.1, 0.15) is 16.1 Å². The molecule has 0 saturated carbocycles. The second kappa shape index (κ2) is 6.39. The van der Waals surface area contributed by atoms with Gasteiger partial charge in [-0.05, 0) is 36.8 Å². The number of hydrogen-bond acceptors (Lipinski definition) is 3. The summed E-state index contributed by atoms with van der Waals surface area (Å²) < 4.78 is 7.67. The highest BCUT2D eigenvalue weighted by atomic mass is 16.3. The molecule has 28 heavy (non-hydrogen) atoms. The molecule has 0 fully saturated rings. The Labute approximate surface area is 161 Å². The number of pyridine rings is 1. The molecule has 3 aromatic heterocycles. The van der Waals surface area contributed by atoms with Crippen molar-refractivity contribution in [1.82, 2.24) is 9.38 Å². The zero-order chi connectivity index (χ0) is 19.1. The van der Waals surface area contributed by atoms with Gasteiger partial charge >= 0.3 is 0 Å². The SMILES string of the molecule is Cc1cccn2cc(-c3ccccc3NC(=O)c3cc4ccccc4o3)nc12. The maximum absolute atomic E-state index is 12.8. The lowest BCUT2D eigenvalue weighted by molar-refractivity contribution is 0.0999. The maximum Gasteiger partial charge on any atom is 0.291 e. The topological polar surface area (TPSA) is 59.5 Å². The lowest BCUT2D eigenvalue weighted by Crippen LogP contribution is -2.11. The summed E-state index contributed by atoms with van der Waals surface area (Å²) in [5.41, 5.74) is 5.03. The predicted molar refractivity (Wildman–Crippen MR) is 110 cm³/mol. The molecule has 3 heterocycles. The second-order valence-electron chi connectivity index (χ2n) is 6.70. The Morgan fingerprint density at radius 3 is 2.71 bits per heavy atom.